The van der Waals surface area contributed by atoms with Crippen LogP contribution in [0.3, 0.4) is 0 Å². The molecule has 0 unspecified atom stereocenters. The molecule has 0 saturated heterocycles. The molecule has 0 radical (unpaired) electrons. The van der Waals surface area contributed by atoms with Crippen LogP contribution in [0.15, 0.2) is 24.3 Å². The van der Waals surface area contributed by atoms with Crippen LogP contribution in [0.25, 0.3) is 0 Å². The maximum absolute atomic E-state index is 11.5. The molecular weight excluding hydrogens is 177 g/mol. The minimum Gasteiger partial charge on any atom is -0.462 e. The third-order valence-corrected chi connectivity index (χ3v) is 0.913. The van der Waals surface area contributed by atoms with Gasteiger partial charge in [-0.1, -0.05) is 0 Å². The molecule has 0 heterocycles. The van der Waals surface area contributed by atoms with Gasteiger partial charge in [-0.15, -0.1) is 12.1 Å². The third kappa shape index (κ3) is 4.87. The second-order valence-electron chi connectivity index (χ2n) is 1.61. The van der Waals surface area contributed by atoms with Gasteiger partial charge in [0.2, 0.25) is 0 Å². The molecule has 0 bridgehead atoms. The van der Waals surface area contributed by atoms with Gasteiger partial charge in [0.15, 0.2) is 0 Å². The van der Waals surface area contributed by atoms with Crippen molar-refractivity contribution in [3.05, 3.63) is 30.3 Å². The summed E-state index contributed by atoms with van der Waals surface area (Å²) in [6.45, 7) is -2.75. The summed E-state index contributed by atoms with van der Waals surface area (Å²) < 4.78 is 27.0. The van der Waals surface area contributed by atoms with Gasteiger partial charge in [-0.05, 0) is 0 Å². The van der Waals surface area contributed by atoms with Crippen molar-refractivity contribution in [3.8, 4) is 5.75 Å². The van der Waals surface area contributed by atoms with Crippen molar-refractivity contribution in [2.24, 2.45) is 0 Å². The maximum Gasteiger partial charge on any atom is 1.00 e. The number of hydrogen-bond acceptors (Lipinski definition) is 1. The molecule has 1 aromatic carbocycles. The number of hydrogen-bond donors (Lipinski definition) is 0. The monoisotopic (exact) mass is 182 g/mol. The fourth-order valence-corrected chi connectivity index (χ4v) is 0.553. The van der Waals surface area contributed by atoms with Crippen LogP contribution in [-0.4, -0.2) is 6.61 Å². The largest absolute Gasteiger partial charge is 1.00 e. The van der Waals surface area contributed by atoms with Crippen molar-refractivity contribution in [1.29, 1.82) is 0 Å². The molecule has 1 aromatic rings. The first-order valence-corrected chi connectivity index (χ1v) is 2.70. The number of benzene rings is 1. The van der Waals surface area contributed by atoms with Gasteiger partial charge in [-0.2, -0.15) is 27.0 Å². The molecule has 1 nitrogen and oxygen atoms in total. The van der Waals surface area contributed by atoms with Crippen LogP contribution < -0.4 is 56.1 Å². The van der Waals surface area contributed by atoms with E-state index in [0.717, 1.165) is 0 Å². The standard InChI is InChI=1S/C7H5F2O.K/c8-7(9)10-6-4-2-1-3-5-6;/h2-5,7H;/q-1;+1. The fourth-order valence-electron chi connectivity index (χ4n) is 0.553. The Labute approximate surface area is 106 Å². The van der Waals surface area contributed by atoms with Crippen molar-refractivity contribution in [2.45, 2.75) is 6.61 Å². The van der Waals surface area contributed by atoms with Gasteiger partial charge >= 0.3 is 58.0 Å². The van der Waals surface area contributed by atoms with E-state index in [1.54, 1.807) is 0 Å². The van der Waals surface area contributed by atoms with E-state index in [4.69, 9.17) is 0 Å². The van der Waals surface area contributed by atoms with E-state index in [1.165, 1.54) is 24.3 Å². The molecule has 0 aromatic heterocycles. The fraction of sp³-hybridized carbons (Fsp3) is 0.143. The van der Waals surface area contributed by atoms with E-state index >= 15 is 0 Å². The first kappa shape index (κ1) is 11.5. The van der Waals surface area contributed by atoms with Crippen molar-refractivity contribution in [1.82, 2.24) is 0 Å². The van der Waals surface area contributed by atoms with Crippen LogP contribution in [0.5, 0.6) is 5.75 Å². The van der Waals surface area contributed by atoms with Gasteiger partial charge in [0.1, 0.15) is 0 Å². The normalized spacial score (nSPS) is 9.00. The van der Waals surface area contributed by atoms with Gasteiger partial charge in [0.25, 0.3) is 0 Å². The summed E-state index contributed by atoms with van der Waals surface area (Å²) in [5, 5.41) is 0. The Balaban J connectivity index is 0.000001000. The van der Waals surface area contributed by atoms with Gasteiger partial charge in [0.05, 0.1) is 0 Å². The molecule has 4 heteroatoms. The molecule has 0 atom stereocenters. The van der Waals surface area contributed by atoms with E-state index in [9.17, 15) is 8.78 Å². The van der Waals surface area contributed by atoms with Crippen molar-refractivity contribution in [2.75, 3.05) is 0 Å². The summed E-state index contributed by atoms with van der Waals surface area (Å²) in [5.41, 5.74) is 0. The number of rotatable bonds is 2. The summed E-state index contributed by atoms with van der Waals surface area (Å²) in [5.74, 6) is 0.161. The first-order chi connectivity index (χ1) is 4.79. The summed E-state index contributed by atoms with van der Waals surface area (Å²) in [4.78, 5) is 0. The molecule has 0 spiro atoms. The summed E-state index contributed by atoms with van der Waals surface area (Å²) in [6, 6.07) is 8.55. The Morgan fingerprint density at radius 2 is 1.82 bits per heavy atom. The molecule has 54 valence electrons. The second kappa shape index (κ2) is 6.08. The molecule has 0 aliphatic heterocycles. The predicted molar refractivity (Wildman–Crippen MR) is 31.9 cm³/mol. The van der Waals surface area contributed by atoms with E-state index in [0.29, 0.717) is 0 Å². The maximum atomic E-state index is 11.5. The van der Waals surface area contributed by atoms with Crippen LogP contribution in [0.2, 0.25) is 0 Å². The summed E-state index contributed by atoms with van der Waals surface area (Å²) in [7, 11) is 0. The van der Waals surface area contributed by atoms with Crippen molar-refractivity contribution in [3.63, 3.8) is 0 Å². The molecule has 1 rings (SSSR count). The zero-order valence-electron chi connectivity index (χ0n) is 6.05. The Morgan fingerprint density at radius 3 is 2.27 bits per heavy atom. The molecule has 11 heavy (non-hydrogen) atoms. The van der Waals surface area contributed by atoms with Gasteiger partial charge in [0, 0.05) is 5.75 Å². The quantitative estimate of drug-likeness (QED) is 0.425. The van der Waals surface area contributed by atoms with Crippen molar-refractivity contribution >= 4 is 0 Å². The smallest absolute Gasteiger partial charge is 0.462 e. The number of halogens is 2. The van der Waals surface area contributed by atoms with E-state index in [2.05, 4.69) is 10.8 Å². The molecule has 0 N–H and O–H groups in total. The summed E-state index contributed by atoms with van der Waals surface area (Å²) >= 11 is 0. The molecule has 0 amide bonds. The SMILES string of the molecule is FC(F)Oc1cc[c-]cc1.[K+]. The van der Waals surface area contributed by atoms with Crippen LogP contribution in [0, 0.1) is 6.07 Å². The Morgan fingerprint density at radius 1 is 1.27 bits per heavy atom. The number of alkyl halides is 2. The zero-order valence-corrected chi connectivity index (χ0v) is 9.17. The minimum absolute atomic E-state index is 0. The molecule has 0 aliphatic rings. The average molecular weight is 182 g/mol. The first-order valence-electron chi connectivity index (χ1n) is 2.70. The topological polar surface area (TPSA) is 9.23 Å². The van der Waals surface area contributed by atoms with Crippen molar-refractivity contribution < 1.29 is 64.9 Å². The predicted octanol–water partition coefficient (Wildman–Crippen LogP) is -0.908. The Kier molecular flexibility index (Phi) is 6.36. The van der Waals surface area contributed by atoms with Gasteiger partial charge in [-0.3, -0.25) is 0 Å². The van der Waals surface area contributed by atoms with E-state index < -0.39 is 6.61 Å². The summed E-state index contributed by atoms with van der Waals surface area (Å²) in [6.07, 6.45) is 0. The number of ether oxygens (including phenoxy) is 1. The Hall–Kier alpha value is 0.516. The van der Waals surface area contributed by atoms with Crippen LogP contribution in [-0.2, 0) is 0 Å². The zero-order chi connectivity index (χ0) is 7.40. The molecular formula is C7H5F2KO. The Bertz CT molecular complexity index is 191. The van der Waals surface area contributed by atoms with Crippen LogP contribution >= 0.6 is 0 Å². The van der Waals surface area contributed by atoms with Crippen LogP contribution in [0.4, 0.5) is 8.78 Å². The average Bonchev–Trinajstić information content (AvgIpc) is 1.88. The molecule has 0 aliphatic carbocycles. The molecule has 0 fully saturated rings. The van der Waals surface area contributed by atoms with Gasteiger partial charge < -0.3 is 4.74 Å². The second-order valence-corrected chi connectivity index (χ2v) is 1.61. The van der Waals surface area contributed by atoms with Gasteiger partial charge in [-0.25, -0.2) is 0 Å². The van der Waals surface area contributed by atoms with E-state index in [1.807, 2.05) is 0 Å². The van der Waals surface area contributed by atoms with E-state index in [-0.39, 0.29) is 57.1 Å². The third-order valence-electron chi connectivity index (χ3n) is 0.913. The molecule has 0 saturated carbocycles. The van der Waals surface area contributed by atoms with Crippen LogP contribution in [0.1, 0.15) is 0 Å². The minimum atomic E-state index is -2.75.